The molecule has 3 nitrogen and oxygen atoms in total. The fraction of sp³-hybridized carbons (Fsp3) is 0.200. The van der Waals surface area contributed by atoms with Crippen molar-refractivity contribution in [2.75, 3.05) is 6.61 Å². The number of aliphatic hydroxyl groups is 1. The third-order valence-corrected chi connectivity index (χ3v) is 2.62. The third-order valence-electron chi connectivity index (χ3n) is 2.20. The van der Waals surface area contributed by atoms with Gasteiger partial charge in [-0.2, -0.15) is 0 Å². The number of nitrogens with two attached hydrogens (primary N) is 1. The monoisotopic (exact) mass is 211 g/mol. The van der Waals surface area contributed by atoms with Crippen LogP contribution in [0, 0.1) is 0 Å². The van der Waals surface area contributed by atoms with Crippen molar-refractivity contribution in [3.8, 4) is 0 Å². The molecule has 74 valence electrons. The summed E-state index contributed by atoms with van der Waals surface area (Å²) in [5.74, 6) is 0. The Morgan fingerprint density at radius 2 is 2.21 bits per heavy atom. The Labute approximate surface area is 86.1 Å². The van der Waals surface area contributed by atoms with Gasteiger partial charge in [-0.15, -0.1) is 0 Å². The molecule has 0 aliphatic carbocycles. The minimum atomic E-state index is -0.443. The van der Waals surface area contributed by atoms with Crippen LogP contribution in [0.5, 0.6) is 0 Å². The topological polar surface area (TPSA) is 59.4 Å². The second kappa shape index (κ2) is 3.61. The molecule has 1 atom stereocenters. The summed E-state index contributed by atoms with van der Waals surface area (Å²) in [4.78, 5) is 0. The first-order chi connectivity index (χ1) is 6.74. The quantitative estimate of drug-likeness (QED) is 0.800. The van der Waals surface area contributed by atoms with Crippen LogP contribution < -0.4 is 5.73 Å². The average molecular weight is 212 g/mol. The van der Waals surface area contributed by atoms with Crippen molar-refractivity contribution >= 4 is 22.6 Å². The lowest BCUT2D eigenvalue weighted by Crippen LogP contribution is -2.14. The predicted molar refractivity (Wildman–Crippen MR) is 55.2 cm³/mol. The summed E-state index contributed by atoms with van der Waals surface area (Å²) in [6, 6.07) is 4.91. The molecule has 0 aliphatic rings. The molecule has 0 saturated carbocycles. The molecule has 1 aromatic carbocycles. The van der Waals surface area contributed by atoms with Crippen LogP contribution in [-0.4, -0.2) is 11.7 Å². The Balaban J connectivity index is 2.61. The van der Waals surface area contributed by atoms with Gasteiger partial charge in [-0.05, 0) is 17.7 Å². The van der Waals surface area contributed by atoms with E-state index in [4.69, 9.17) is 26.9 Å². The summed E-state index contributed by atoms with van der Waals surface area (Å²) >= 11 is 6.11. The standard InChI is InChI=1S/C10H10ClNO2/c11-10-6(8(12)5-13)1-2-9-7(10)3-4-14-9/h1-4,8,13H,5,12H2. The molecule has 0 aliphatic heterocycles. The Hall–Kier alpha value is -1.03. The van der Waals surface area contributed by atoms with Crippen molar-refractivity contribution in [2.45, 2.75) is 6.04 Å². The fourth-order valence-electron chi connectivity index (χ4n) is 1.41. The molecule has 0 spiro atoms. The van der Waals surface area contributed by atoms with E-state index in [2.05, 4.69) is 0 Å². The van der Waals surface area contributed by atoms with Gasteiger partial charge >= 0.3 is 0 Å². The Morgan fingerprint density at radius 3 is 2.93 bits per heavy atom. The zero-order valence-corrected chi connectivity index (χ0v) is 8.16. The highest BCUT2D eigenvalue weighted by Gasteiger charge is 2.12. The number of fused-ring (bicyclic) bond motifs is 1. The van der Waals surface area contributed by atoms with Gasteiger partial charge in [0.15, 0.2) is 0 Å². The van der Waals surface area contributed by atoms with Crippen molar-refractivity contribution < 1.29 is 9.52 Å². The van der Waals surface area contributed by atoms with Gasteiger partial charge in [0.1, 0.15) is 5.58 Å². The van der Waals surface area contributed by atoms with E-state index in [9.17, 15) is 0 Å². The second-order valence-electron chi connectivity index (χ2n) is 3.09. The van der Waals surface area contributed by atoms with Crippen LogP contribution in [0.2, 0.25) is 5.02 Å². The molecule has 2 aromatic rings. The van der Waals surface area contributed by atoms with Crippen molar-refractivity contribution in [1.82, 2.24) is 0 Å². The van der Waals surface area contributed by atoms with Crippen LogP contribution in [0.4, 0.5) is 0 Å². The van der Waals surface area contributed by atoms with E-state index in [-0.39, 0.29) is 6.61 Å². The van der Waals surface area contributed by atoms with E-state index in [0.717, 1.165) is 16.5 Å². The van der Waals surface area contributed by atoms with Crippen LogP contribution in [0.1, 0.15) is 11.6 Å². The third kappa shape index (κ3) is 1.39. The van der Waals surface area contributed by atoms with E-state index in [1.165, 1.54) is 0 Å². The summed E-state index contributed by atoms with van der Waals surface area (Å²) in [5.41, 5.74) is 7.15. The van der Waals surface area contributed by atoms with Gasteiger partial charge < -0.3 is 15.3 Å². The van der Waals surface area contributed by atoms with Crippen LogP contribution in [0.15, 0.2) is 28.9 Å². The molecule has 2 rings (SSSR count). The van der Waals surface area contributed by atoms with Gasteiger partial charge in [-0.3, -0.25) is 0 Å². The van der Waals surface area contributed by atoms with Gasteiger partial charge in [0.05, 0.1) is 23.9 Å². The van der Waals surface area contributed by atoms with E-state index < -0.39 is 6.04 Å². The fourth-order valence-corrected chi connectivity index (χ4v) is 1.77. The first-order valence-corrected chi connectivity index (χ1v) is 4.64. The highest BCUT2D eigenvalue weighted by atomic mass is 35.5. The molecule has 0 amide bonds. The maximum Gasteiger partial charge on any atom is 0.135 e. The lowest BCUT2D eigenvalue weighted by Gasteiger charge is -2.10. The molecular weight excluding hydrogens is 202 g/mol. The van der Waals surface area contributed by atoms with Crippen LogP contribution in [-0.2, 0) is 0 Å². The largest absolute Gasteiger partial charge is 0.464 e. The van der Waals surface area contributed by atoms with E-state index in [0.29, 0.717) is 5.02 Å². The van der Waals surface area contributed by atoms with Gasteiger partial charge in [0.25, 0.3) is 0 Å². The zero-order chi connectivity index (χ0) is 10.1. The van der Waals surface area contributed by atoms with Gasteiger partial charge in [0.2, 0.25) is 0 Å². The molecule has 0 bridgehead atoms. The van der Waals surface area contributed by atoms with Crippen molar-refractivity contribution in [3.05, 3.63) is 35.0 Å². The summed E-state index contributed by atoms with van der Waals surface area (Å²) in [5, 5.41) is 10.3. The number of furan rings is 1. The zero-order valence-electron chi connectivity index (χ0n) is 7.40. The highest BCUT2D eigenvalue weighted by Crippen LogP contribution is 2.30. The molecule has 0 radical (unpaired) electrons. The molecule has 3 N–H and O–H groups in total. The predicted octanol–water partition coefficient (Wildman–Crippen LogP) is 2.08. The van der Waals surface area contributed by atoms with Gasteiger partial charge in [-0.25, -0.2) is 0 Å². The molecule has 0 fully saturated rings. The lowest BCUT2D eigenvalue weighted by atomic mass is 10.1. The first kappa shape index (κ1) is 9.52. The Morgan fingerprint density at radius 1 is 1.43 bits per heavy atom. The minimum Gasteiger partial charge on any atom is -0.464 e. The average Bonchev–Trinajstić information content (AvgIpc) is 2.66. The summed E-state index contributed by atoms with van der Waals surface area (Å²) in [7, 11) is 0. The minimum absolute atomic E-state index is 0.122. The summed E-state index contributed by atoms with van der Waals surface area (Å²) in [6.07, 6.45) is 1.57. The first-order valence-electron chi connectivity index (χ1n) is 4.26. The number of aliphatic hydroxyl groups excluding tert-OH is 1. The number of hydrogen-bond acceptors (Lipinski definition) is 3. The highest BCUT2D eigenvalue weighted by molar-refractivity contribution is 6.36. The smallest absolute Gasteiger partial charge is 0.135 e. The Kier molecular flexibility index (Phi) is 2.46. The van der Waals surface area contributed by atoms with E-state index >= 15 is 0 Å². The number of benzene rings is 1. The van der Waals surface area contributed by atoms with Crippen molar-refractivity contribution in [3.63, 3.8) is 0 Å². The number of halogens is 1. The lowest BCUT2D eigenvalue weighted by molar-refractivity contribution is 0.268. The molecule has 1 heterocycles. The molecule has 14 heavy (non-hydrogen) atoms. The molecule has 4 heteroatoms. The number of hydrogen-bond donors (Lipinski definition) is 2. The summed E-state index contributed by atoms with van der Waals surface area (Å²) < 4.78 is 5.18. The molecule has 1 unspecified atom stereocenters. The maximum absolute atomic E-state index is 8.93. The molecule has 0 saturated heterocycles. The van der Waals surface area contributed by atoms with Crippen molar-refractivity contribution in [2.24, 2.45) is 5.73 Å². The van der Waals surface area contributed by atoms with Crippen molar-refractivity contribution in [1.29, 1.82) is 0 Å². The van der Waals surface area contributed by atoms with Crippen LogP contribution >= 0.6 is 11.6 Å². The maximum atomic E-state index is 8.93. The van der Waals surface area contributed by atoms with E-state index in [1.54, 1.807) is 24.5 Å². The summed E-state index contributed by atoms with van der Waals surface area (Å²) in [6.45, 7) is -0.122. The van der Waals surface area contributed by atoms with Gasteiger partial charge in [0, 0.05) is 5.39 Å². The second-order valence-corrected chi connectivity index (χ2v) is 3.47. The Bertz CT molecular complexity index is 452. The molecule has 1 aromatic heterocycles. The normalized spacial score (nSPS) is 13.4. The molecular formula is C10H10ClNO2. The number of rotatable bonds is 2. The van der Waals surface area contributed by atoms with Crippen LogP contribution in [0.25, 0.3) is 11.0 Å². The van der Waals surface area contributed by atoms with E-state index in [1.807, 2.05) is 0 Å². The van der Waals surface area contributed by atoms with Gasteiger partial charge in [-0.1, -0.05) is 17.7 Å². The van der Waals surface area contributed by atoms with Crippen LogP contribution in [0.3, 0.4) is 0 Å². The SMILES string of the molecule is NC(CO)c1ccc2occc2c1Cl.